The number of amides is 1. The van der Waals surface area contributed by atoms with E-state index >= 15 is 0 Å². The Morgan fingerprint density at radius 3 is 2.83 bits per heavy atom. The summed E-state index contributed by atoms with van der Waals surface area (Å²) in [7, 11) is -3.33. The largest absolute Gasteiger partial charge is 0.376 e. The SMILES string of the molecule is CS(=O)(=O)c1cccc(C(=O)N(C[C@H]2CCCO2)[C@@H]2CCSC2)c1. The lowest BCUT2D eigenvalue weighted by atomic mass is 10.1. The van der Waals surface area contributed by atoms with E-state index in [0.29, 0.717) is 12.1 Å². The maximum Gasteiger partial charge on any atom is 0.254 e. The smallest absolute Gasteiger partial charge is 0.254 e. The fourth-order valence-electron chi connectivity index (χ4n) is 3.20. The fourth-order valence-corrected chi connectivity index (χ4v) is 5.09. The average molecular weight is 370 g/mol. The molecule has 0 radical (unpaired) electrons. The molecule has 1 amide bonds. The second-order valence-corrected chi connectivity index (χ2v) is 9.58. The van der Waals surface area contributed by atoms with E-state index in [0.717, 1.165) is 43.6 Å². The van der Waals surface area contributed by atoms with Gasteiger partial charge in [0.2, 0.25) is 0 Å². The van der Waals surface area contributed by atoms with E-state index in [1.807, 2.05) is 16.7 Å². The zero-order valence-electron chi connectivity index (χ0n) is 13.8. The normalized spacial score (nSPS) is 24.2. The zero-order valence-corrected chi connectivity index (χ0v) is 15.4. The van der Waals surface area contributed by atoms with Gasteiger partial charge in [-0.1, -0.05) is 6.07 Å². The molecular formula is C17H23NO4S2. The Bertz CT molecular complexity index is 692. The number of nitrogens with zero attached hydrogens (tertiary/aromatic N) is 1. The van der Waals surface area contributed by atoms with Crippen LogP contribution in [0.25, 0.3) is 0 Å². The number of carbonyl (C=O) groups is 1. The monoisotopic (exact) mass is 369 g/mol. The minimum atomic E-state index is -3.33. The third-order valence-corrected chi connectivity index (χ3v) is 6.80. The molecular weight excluding hydrogens is 346 g/mol. The summed E-state index contributed by atoms with van der Waals surface area (Å²) in [6, 6.07) is 6.55. The first-order valence-electron chi connectivity index (χ1n) is 8.25. The molecule has 7 heteroatoms. The summed E-state index contributed by atoms with van der Waals surface area (Å²) in [5.74, 6) is 1.90. The van der Waals surface area contributed by atoms with Crippen molar-refractivity contribution in [1.82, 2.24) is 4.90 Å². The lowest BCUT2D eigenvalue weighted by molar-refractivity contribution is 0.0441. The molecule has 0 spiro atoms. The van der Waals surface area contributed by atoms with Gasteiger partial charge in [0.1, 0.15) is 0 Å². The Balaban J connectivity index is 1.84. The molecule has 0 aromatic heterocycles. The Labute approximate surface area is 147 Å². The van der Waals surface area contributed by atoms with Gasteiger partial charge in [-0.05, 0) is 43.2 Å². The Kier molecular flexibility index (Phi) is 5.52. The molecule has 2 fully saturated rings. The van der Waals surface area contributed by atoms with Crippen LogP contribution >= 0.6 is 11.8 Å². The Hall–Kier alpha value is -1.05. The van der Waals surface area contributed by atoms with Gasteiger partial charge in [-0.3, -0.25) is 4.79 Å². The molecule has 132 valence electrons. The van der Waals surface area contributed by atoms with Crippen molar-refractivity contribution >= 4 is 27.5 Å². The number of benzene rings is 1. The maximum absolute atomic E-state index is 13.1. The lowest BCUT2D eigenvalue weighted by Gasteiger charge is -2.31. The fraction of sp³-hybridized carbons (Fsp3) is 0.588. The van der Waals surface area contributed by atoms with E-state index in [4.69, 9.17) is 4.74 Å². The van der Waals surface area contributed by atoms with Crippen molar-refractivity contribution in [2.75, 3.05) is 30.9 Å². The molecule has 5 nitrogen and oxygen atoms in total. The highest BCUT2D eigenvalue weighted by Crippen LogP contribution is 2.26. The first kappa shape index (κ1) is 17.8. The summed E-state index contributed by atoms with van der Waals surface area (Å²) in [6.07, 6.45) is 4.25. The number of hydrogen-bond donors (Lipinski definition) is 0. The van der Waals surface area contributed by atoms with Gasteiger partial charge >= 0.3 is 0 Å². The average Bonchev–Trinajstić information content (AvgIpc) is 3.24. The number of hydrogen-bond acceptors (Lipinski definition) is 5. The molecule has 1 aromatic rings. The second-order valence-electron chi connectivity index (χ2n) is 6.41. The van der Waals surface area contributed by atoms with Crippen LogP contribution in [0.5, 0.6) is 0 Å². The molecule has 3 rings (SSSR count). The first-order chi connectivity index (χ1) is 11.4. The van der Waals surface area contributed by atoms with Gasteiger partial charge in [0.05, 0.1) is 11.0 Å². The van der Waals surface area contributed by atoms with Crippen LogP contribution in [0.4, 0.5) is 0 Å². The van der Waals surface area contributed by atoms with Crippen molar-refractivity contribution in [3.63, 3.8) is 0 Å². The van der Waals surface area contributed by atoms with Crippen LogP contribution in [0.3, 0.4) is 0 Å². The van der Waals surface area contributed by atoms with Gasteiger partial charge in [-0.15, -0.1) is 0 Å². The molecule has 24 heavy (non-hydrogen) atoms. The van der Waals surface area contributed by atoms with Crippen LogP contribution in [0, 0.1) is 0 Å². The predicted octanol–water partition coefficient (Wildman–Crippen LogP) is 2.22. The molecule has 0 bridgehead atoms. The van der Waals surface area contributed by atoms with E-state index < -0.39 is 9.84 Å². The van der Waals surface area contributed by atoms with E-state index in [9.17, 15) is 13.2 Å². The van der Waals surface area contributed by atoms with Crippen LogP contribution in [-0.2, 0) is 14.6 Å². The quantitative estimate of drug-likeness (QED) is 0.796. The third kappa shape index (κ3) is 4.13. The maximum atomic E-state index is 13.1. The van der Waals surface area contributed by atoms with E-state index in [1.165, 1.54) is 12.1 Å². The molecule has 2 saturated heterocycles. The van der Waals surface area contributed by atoms with E-state index in [2.05, 4.69) is 0 Å². The van der Waals surface area contributed by atoms with Gasteiger partial charge in [0.25, 0.3) is 5.91 Å². The van der Waals surface area contributed by atoms with Crippen molar-refractivity contribution < 1.29 is 17.9 Å². The highest BCUT2D eigenvalue weighted by atomic mass is 32.2. The highest BCUT2D eigenvalue weighted by molar-refractivity contribution is 7.99. The van der Waals surface area contributed by atoms with E-state index in [-0.39, 0.29) is 22.9 Å². The van der Waals surface area contributed by atoms with Crippen LogP contribution < -0.4 is 0 Å². The molecule has 2 aliphatic rings. The predicted molar refractivity (Wildman–Crippen MR) is 95.3 cm³/mol. The molecule has 2 heterocycles. The Morgan fingerprint density at radius 1 is 1.38 bits per heavy atom. The topological polar surface area (TPSA) is 63.7 Å². The van der Waals surface area contributed by atoms with Crippen molar-refractivity contribution in [1.29, 1.82) is 0 Å². The van der Waals surface area contributed by atoms with Gasteiger partial charge in [-0.2, -0.15) is 11.8 Å². The van der Waals surface area contributed by atoms with Crippen LogP contribution in [-0.4, -0.2) is 62.3 Å². The first-order valence-corrected chi connectivity index (χ1v) is 11.3. The van der Waals surface area contributed by atoms with Gasteiger partial charge in [0.15, 0.2) is 9.84 Å². The highest BCUT2D eigenvalue weighted by Gasteiger charge is 2.31. The summed E-state index contributed by atoms with van der Waals surface area (Å²) in [4.78, 5) is 15.2. The number of rotatable bonds is 5. The molecule has 2 aliphatic heterocycles. The van der Waals surface area contributed by atoms with Crippen LogP contribution in [0.1, 0.15) is 29.6 Å². The van der Waals surface area contributed by atoms with Gasteiger partial charge in [0, 0.05) is 36.8 Å². The van der Waals surface area contributed by atoms with Crippen LogP contribution in [0.15, 0.2) is 29.2 Å². The second kappa shape index (κ2) is 7.45. The van der Waals surface area contributed by atoms with Crippen molar-refractivity contribution in [2.24, 2.45) is 0 Å². The molecule has 0 saturated carbocycles. The van der Waals surface area contributed by atoms with Gasteiger partial charge < -0.3 is 9.64 Å². The van der Waals surface area contributed by atoms with E-state index in [1.54, 1.807) is 12.1 Å². The molecule has 0 N–H and O–H groups in total. The molecule has 0 aliphatic carbocycles. The number of carbonyl (C=O) groups excluding carboxylic acids is 1. The minimum Gasteiger partial charge on any atom is -0.376 e. The molecule has 1 aromatic carbocycles. The standard InChI is InChI=1S/C17H23NO4S2/c1-24(20,21)16-6-2-4-13(10-16)17(19)18(14-7-9-23-12-14)11-15-5-3-8-22-15/h2,4,6,10,14-15H,3,5,7-9,11-12H2,1H3/t14-,15-/m1/s1. The van der Waals surface area contributed by atoms with Crippen LogP contribution in [0.2, 0.25) is 0 Å². The van der Waals surface area contributed by atoms with Crippen molar-refractivity contribution in [2.45, 2.75) is 36.3 Å². The summed E-state index contributed by atoms with van der Waals surface area (Å²) in [5, 5.41) is 0. The lowest BCUT2D eigenvalue weighted by Crippen LogP contribution is -2.44. The summed E-state index contributed by atoms with van der Waals surface area (Å²) < 4.78 is 29.2. The van der Waals surface area contributed by atoms with Gasteiger partial charge in [-0.25, -0.2) is 8.42 Å². The summed E-state index contributed by atoms with van der Waals surface area (Å²) >= 11 is 1.86. The number of sulfone groups is 1. The number of ether oxygens (including phenoxy) is 1. The molecule has 2 atom stereocenters. The Morgan fingerprint density at radius 2 is 2.21 bits per heavy atom. The zero-order chi connectivity index (χ0) is 17.2. The van der Waals surface area contributed by atoms with Crippen molar-refractivity contribution in [3.8, 4) is 0 Å². The van der Waals surface area contributed by atoms with Crippen molar-refractivity contribution in [3.05, 3.63) is 29.8 Å². The molecule has 0 unspecified atom stereocenters. The summed E-state index contributed by atoms with van der Waals surface area (Å²) in [5.41, 5.74) is 0.438. The summed E-state index contributed by atoms with van der Waals surface area (Å²) in [6.45, 7) is 1.35. The third-order valence-electron chi connectivity index (χ3n) is 4.54. The number of thioether (sulfide) groups is 1. The minimum absolute atomic E-state index is 0.0940.